The van der Waals surface area contributed by atoms with E-state index in [1.54, 1.807) is 12.3 Å². The normalized spacial score (nSPS) is 22.9. The number of carbonyl (C=O) groups is 1. The van der Waals surface area contributed by atoms with Crippen LogP contribution in [0.25, 0.3) is 0 Å². The molecule has 0 spiro atoms. The van der Waals surface area contributed by atoms with E-state index in [9.17, 15) is 4.79 Å². The lowest BCUT2D eigenvalue weighted by molar-refractivity contribution is 0.0364. The molecule has 1 unspecified atom stereocenters. The highest BCUT2D eigenvalue weighted by Gasteiger charge is 2.45. The molecule has 1 aromatic rings. The summed E-state index contributed by atoms with van der Waals surface area (Å²) >= 11 is 0. The number of carbonyl (C=O) groups excluding carboxylic acids is 1. The SMILES string of the molecule is C.CCN1C(=O)c2cc(C#N)cn2CC1(NC)C1=CCCC=C1.[HH]. The Balaban J connectivity index is 0.00000144. The van der Waals surface area contributed by atoms with Gasteiger partial charge in [0.1, 0.15) is 17.4 Å². The molecule has 1 aliphatic carbocycles. The molecule has 3 rings (SSSR count). The summed E-state index contributed by atoms with van der Waals surface area (Å²) in [5.41, 5.74) is 1.68. The first-order valence-electron chi connectivity index (χ1n) is 7.64. The van der Waals surface area contributed by atoms with E-state index in [1.165, 1.54) is 0 Å². The van der Waals surface area contributed by atoms with Gasteiger partial charge >= 0.3 is 0 Å². The number of hydrogen-bond acceptors (Lipinski definition) is 3. The van der Waals surface area contributed by atoms with Crippen LogP contribution in [-0.4, -0.2) is 34.6 Å². The van der Waals surface area contributed by atoms with E-state index < -0.39 is 5.66 Å². The zero-order valence-corrected chi connectivity index (χ0v) is 13.0. The minimum atomic E-state index is -0.554. The van der Waals surface area contributed by atoms with Crippen LogP contribution in [0.2, 0.25) is 0 Å². The lowest BCUT2D eigenvalue weighted by Crippen LogP contribution is -2.65. The van der Waals surface area contributed by atoms with Crippen molar-refractivity contribution in [3.8, 4) is 6.07 Å². The van der Waals surface area contributed by atoms with Gasteiger partial charge in [0.2, 0.25) is 0 Å². The molecule has 23 heavy (non-hydrogen) atoms. The van der Waals surface area contributed by atoms with Gasteiger partial charge in [0.25, 0.3) is 5.91 Å². The molecule has 0 fully saturated rings. The zero-order valence-electron chi connectivity index (χ0n) is 13.0. The van der Waals surface area contributed by atoms with Crippen molar-refractivity contribution in [3.63, 3.8) is 0 Å². The fourth-order valence-corrected chi connectivity index (χ4v) is 3.46. The fraction of sp³-hybridized carbons (Fsp3) is 0.444. The minimum absolute atomic E-state index is 0. The van der Waals surface area contributed by atoms with E-state index >= 15 is 0 Å². The lowest BCUT2D eigenvalue weighted by atomic mass is 9.90. The summed E-state index contributed by atoms with van der Waals surface area (Å²) in [6, 6.07) is 3.80. The topological polar surface area (TPSA) is 61.1 Å². The van der Waals surface area contributed by atoms with Crippen molar-refractivity contribution in [2.45, 2.75) is 39.4 Å². The van der Waals surface area contributed by atoms with Crippen LogP contribution in [0.5, 0.6) is 0 Å². The monoisotopic (exact) mass is 314 g/mol. The molecule has 0 bridgehead atoms. The number of likely N-dealkylation sites (N-methyl/N-ethyl adjacent to an activating group) is 2. The van der Waals surface area contributed by atoms with Gasteiger partial charge in [-0.2, -0.15) is 5.26 Å². The van der Waals surface area contributed by atoms with Gasteiger partial charge in [0.15, 0.2) is 0 Å². The molecule has 0 saturated carbocycles. The summed E-state index contributed by atoms with van der Waals surface area (Å²) < 4.78 is 1.90. The highest BCUT2D eigenvalue weighted by atomic mass is 16.2. The second-order valence-electron chi connectivity index (χ2n) is 5.65. The summed E-state index contributed by atoms with van der Waals surface area (Å²) in [7, 11) is 1.89. The fourth-order valence-electron chi connectivity index (χ4n) is 3.46. The van der Waals surface area contributed by atoms with Gasteiger partial charge in [-0.1, -0.05) is 25.7 Å². The molecule has 1 amide bonds. The first-order chi connectivity index (χ1) is 10.7. The van der Waals surface area contributed by atoms with Crippen molar-refractivity contribution in [2.75, 3.05) is 13.6 Å². The largest absolute Gasteiger partial charge is 0.338 e. The van der Waals surface area contributed by atoms with E-state index in [1.807, 2.05) is 23.4 Å². The molecular formula is C18H26N4O. The molecule has 0 saturated heterocycles. The number of hydrogen-bond donors (Lipinski definition) is 1. The van der Waals surface area contributed by atoms with E-state index in [2.05, 4.69) is 29.6 Å². The summed E-state index contributed by atoms with van der Waals surface area (Å²) in [6.45, 7) is 3.20. The Hall–Kier alpha value is -2.32. The number of allylic oxidation sites excluding steroid dienone is 2. The third-order valence-corrected chi connectivity index (χ3v) is 4.55. The van der Waals surface area contributed by atoms with Crippen molar-refractivity contribution >= 4 is 5.91 Å². The molecule has 1 aliphatic heterocycles. The van der Waals surface area contributed by atoms with Crippen molar-refractivity contribution in [2.24, 2.45) is 0 Å². The van der Waals surface area contributed by atoms with Crippen LogP contribution in [-0.2, 0) is 6.54 Å². The van der Waals surface area contributed by atoms with Gasteiger partial charge in [-0.15, -0.1) is 0 Å². The zero-order chi connectivity index (χ0) is 15.7. The Kier molecular flexibility index (Phi) is 4.76. The first kappa shape index (κ1) is 17.0. The van der Waals surface area contributed by atoms with Gasteiger partial charge < -0.3 is 9.47 Å². The quantitative estimate of drug-likeness (QED) is 0.933. The predicted molar refractivity (Wildman–Crippen MR) is 93.0 cm³/mol. The van der Waals surface area contributed by atoms with Crippen LogP contribution >= 0.6 is 0 Å². The Morgan fingerprint density at radius 3 is 2.83 bits per heavy atom. The van der Waals surface area contributed by atoms with E-state index in [4.69, 9.17) is 5.26 Å². The third kappa shape index (κ3) is 2.49. The third-order valence-electron chi connectivity index (χ3n) is 4.55. The molecule has 5 heteroatoms. The van der Waals surface area contributed by atoms with E-state index in [0.717, 1.165) is 18.4 Å². The Morgan fingerprint density at radius 1 is 1.48 bits per heavy atom. The van der Waals surface area contributed by atoms with E-state index in [-0.39, 0.29) is 14.8 Å². The molecule has 124 valence electrons. The lowest BCUT2D eigenvalue weighted by Gasteiger charge is -2.48. The number of amides is 1. The minimum Gasteiger partial charge on any atom is -0.338 e. The molecule has 2 aliphatic rings. The number of fused-ring (bicyclic) bond motifs is 1. The van der Waals surface area contributed by atoms with Gasteiger partial charge in [-0.3, -0.25) is 10.1 Å². The average Bonchev–Trinajstić information content (AvgIpc) is 2.98. The van der Waals surface area contributed by atoms with Crippen LogP contribution in [0.4, 0.5) is 0 Å². The summed E-state index contributed by atoms with van der Waals surface area (Å²) in [6.07, 6.45) is 10.2. The average molecular weight is 314 g/mol. The molecule has 5 nitrogen and oxygen atoms in total. The Labute approximate surface area is 139 Å². The molecule has 1 atom stereocenters. The number of aromatic nitrogens is 1. The standard InChI is InChI=1S/C17H20N4O.CH4.H2/c1-3-21-16(22)15-9-13(10-18)11-20(15)12-17(21,19-2)14-7-5-4-6-8-14;;/h5,7-9,11,19H,3-4,6,12H2,1-2H3;1H4;1H. The predicted octanol–water partition coefficient (Wildman–Crippen LogP) is 2.91. The van der Waals surface area contributed by atoms with Gasteiger partial charge in [-0.25, -0.2) is 0 Å². The van der Waals surface area contributed by atoms with Crippen molar-refractivity contribution < 1.29 is 6.22 Å². The highest BCUT2D eigenvalue weighted by Crippen LogP contribution is 2.33. The number of nitrogens with one attached hydrogen (secondary N) is 1. The number of nitrogens with zero attached hydrogens (tertiary/aromatic N) is 3. The van der Waals surface area contributed by atoms with Crippen LogP contribution < -0.4 is 5.32 Å². The summed E-state index contributed by atoms with van der Waals surface area (Å²) in [5.74, 6) is -0.0375. The van der Waals surface area contributed by atoms with Gasteiger partial charge in [-0.05, 0) is 38.5 Å². The van der Waals surface area contributed by atoms with Crippen molar-refractivity contribution in [1.29, 1.82) is 5.26 Å². The second kappa shape index (κ2) is 6.43. The van der Waals surface area contributed by atoms with Crippen molar-refractivity contribution in [3.05, 3.63) is 47.3 Å². The maximum atomic E-state index is 12.9. The maximum absolute atomic E-state index is 12.9. The first-order valence-corrected chi connectivity index (χ1v) is 7.64. The van der Waals surface area contributed by atoms with E-state index in [0.29, 0.717) is 24.3 Å². The van der Waals surface area contributed by atoms with Gasteiger partial charge in [0.05, 0.1) is 12.1 Å². The molecule has 0 aromatic carbocycles. The van der Waals surface area contributed by atoms with Crippen molar-refractivity contribution in [1.82, 2.24) is 14.8 Å². The smallest absolute Gasteiger partial charge is 0.272 e. The van der Waals surface area contributed by atoms with Gasteiger partial charge in [0, 0.05) is 14.2 Å². The summed E-state index contributed by atoms with van der Waals surface area (Å²) in [4.78, 5) is 14.8. The summed E-state index contributed by atoms with van der Waals surface area (Å²) in [5, 5.41) is 12.5. The highest BCUT2D eigenvalue weighted by molar-refractivity contribution is 5.95. The molecular weight excluding hydrogens is 288 g/mol. The Morgan fingerprint density at radius 2 is 2.26 bits per heavy atom. The molecule has 1 aromatic heterocycles. The van der Waals surface area contributed by atoms with Crippen LogP contribution in [0, 0.1) is 11.3 Å². The Bertz CT molecular complexity index is 713. The van der Waals surface area contributed by atoms with Crippen LogP contribution in [0.15, 0.2) is 36.1 Å². The number of nitriles is 1. The van der Waals surface area contributed by atoms with Crippen LogP contribution in [0.3, 0.4) is 0 Å². The maximum Gasteiger partial charge on any atom is 0.272 e. The number of rotatable bonds is 3. The molecule has 0 radical (unpaired) electrons. The molecule has 1 N–H and O–H groups in total. The second-order valence-corrected chi connectivity index (χ2v) is 5.65. The molecule has 2 heterocycles. The van der Waals surface area contributed by atoms with Crippen LogP contribution in [0.1, 0.15) is 44.7 Å².